The van der Waals surface area contributed by atoms with Crippen LogP contribution in [-0.2, 0) is 0 Å². The van der Waals surface area contributed by atoms with Crippen LogP contribution in [0.3, 0.4) is 0 Å². The van der Waals surface area contributed by atoms with Crippen LogP contribution in [0.5, 0.6) is 17.2 Å². The van der Waals surface area contributed by atoms with Gasteiger partial charge in [-0.25, -0.2) is 0 Å². The molecule has 0 bridgehead atoms. The number of hydrogen-bond donors (Lipinski definition) is 1. The molecule has 1 heterocycles. The van der Waals surface area contributed by atoms with Gasteiger partial charge in [-0.3, -0.25) is 4.90 Å². The molecule has 0 spiro atoms. The van der Waals surface area contributed by atoms with Crippen LogP contribution in [0.1, 0.15) is 17.2 Å². The van der Waals surface area contributed by atoms with E-state index in [9.17, 15) is 0 Å². The van der Waals surface area contributed by atoms with Crippen LogP contribution < -0.4 is 19.5 Å². The quantitative estimate of drug-likeness (QED) is 0.874. The maximum absolute atomic E-state index is 5.72. The highest BCUT2D eigenvalue weighted by atomic mass is 16.5. The number of piperazine rings is 1. The summed E-state index contributed by atoms with van der Waals surface area (Å²) in [7, 11) is 5.07. The molecule has 0 aliphatic carbocycles. The number of hydrogen-bond acceptors (Lipinski definition) is 5. The van der Waals surface area contributed by atoms with Crippen LogP contribution in [0.4, 0.5) is 0 Å². The van der Waals surface area contributed by atoms with Crippen molar-refractivity contribution in [2.24, 2.45) is 0 Å². The zero-order valence-electron chi connectivity index (χ0n) is 15.1. The average molecular weight is 342 g/mol. The maximum atomic E-state index is 5.72. The summed E-state index contributed by atoms with van der Waals surface area (Å²) in [6.07, 6.45) is 0. The molecule has 134 valence electrons. The van der Waals surface area contributed by atoms with Crippen molar-refractivity contribution in [3.63, 3.8) is 0 Å². The van der Waals surface area contributed by atoms with Crippen LogP contribution in [0.25, 0.3) is 0 Å². The summed E-state index contributed by atoms with van der Waals surface area (Å²) >= 11 is 0. The largest absolute Gasteiger partial charge is 0.497 e. The molecule has 2 aromatic carbocycles. The van der Waals surface area contributed by atoms with Crippen LogP contribution in [0.15, 0.2) is 42.5 Å². The van der Waals surface area contributed by atoms with Gasteiger partial charge in [0.2, 0.25) is 0 Å². The van der Waals surface area contributed by atoms with Gasteiger partial charge >= 0.3 is 0 Å². The van der Waals surface area contributed by atoms with Gasteiger partial charge < -0.3 is 19.5 Å². The SMILES string of the molecule is COc1cccc(C(c2cccc(OC)c2OC)N2CCNCC2)c1. The number of nitrogens with one attached hydrogen (secondary N) is 1. The first-order valence-corrected chi connectivity index (χ1v) is 8.58. The minimum absolute atomic E-state index is 0.0854. The summed E-state index contributed by atoms with van der Waals surface area (Å²) in [5.74, 6) is 2.40. The molecular formula is C20H26N2O3. The lowest BCUT2D eigenvalue weighted by Crippen LogP contribution is -2.45. The Kier molecular flexibility index (Phi) is 5.79. The second kappa shape index (κ2) is 8.23. The van der Waals surface area contributed by atoms with Crippen LogP contribution in [-0.4, -0.2) is 52.4 Å². The predicted octanol–water partition coefficient (Wildman–Crippen LogP) is 2.71. The fourth-order valence-electron chi connectivity index (χ4n) is 3.47. The summed E-state index contributed by atoms with van der Waals surface area (Å²) in [6, 6.07) is 14.4. The Hall–Kier alpha value is -2.24. The van der Waals surface area contributed by atoms with Gasteiger partial charge in [0.25, 0.3) is 0 Å². The molecule has 2 aromatic rings. The third-order valence-corrected chi connectivity index (χ3v) is 4.65. The number of nitrogens with zero attached hydrogens (tertiary/aromatic N) is 1. The lowest BCUT2D eigenvalue weighted by atomic mass is 9.95. The summed E-state index contributed by atoms with van der Waals surface area (Å²) < 4.78 is 16.7. The van der Waals surface area contributed by atoms with E-state index in [1.165, 1.54) is 5.56 Å². The Bertz CT molecular complexity index is 699. The second-order valence-electron chi connectivity index (χ2n) is 6.05. The van der Waals surface area contributed by atoms with Gasteiger partial charge in [0, 0.05) is 31.7 Å². The van der Waals surface area contributed by atoms with Gasteiger partial charge in [0.15, 0.2) is 11.5 Å². The van der Waals surface area contributed by atoms with E-state index in [1.807, 2.05) is 24.3 Å². The predicted molar refractivity (Wildman–Crippen MR) is 98.8 cm³/mol. The molecule has 0 aromatic heterocycles. The molecule has 1 saturated heterocycles. The first kappa shape index (κ1) is 17.6. The van der Waals surface area contributed by atoms with Crippen molar-refractivity contribution in [1.29, 1.82) is 0 Å². The highest BCUT2D eigenvalue weighted by Crippen LogP contribution is 2.40. The van der Waals surface area contributed by atoms with Gasteiger partial charge in [-0.05, 0) is 23.8 Å². The van der Waals surface area contributed by atoms with E-state index in [0.717, 1.165) is 49.0 Å². The molecule has 1 aliphatic heterocycles. The van der Waals surface area contributed by atoms with Gasteiger partial charge in [0.05, 0.1) is 27.4 Å². The first-order chi connectivity index (χ1) is 12.3. The molecule has 5 nitrogen and oxygen atoms in total. The maximum Gasteiger partial charge on any atom is 0.165 e. The fraction of sp³-hybridized carbons (Fsp3) is 0.400. The Morgan fingerprint density at radius 2 is 1.68 bits per heavy atom. The minimum atomic E-state index is 0.0854. The lowest BCUT2D eigenvalue weighted by molar-refractivity contribution is 0.194. The number of ether oxygens (including phenoxy) is 3. The van der Waals surface area contributed by atoms with Crippen molar-refractivity contribution in [2.45, 2.75) is 6.04 Å². The van der Waals surface area contributed by atoms with Crippen molar-refractivity contribution in [3.05, 3.63) is 53.6 Å². The molecule has 0 amide bonds. The molecule has 3 rings (SSSR count). The standard InChI is InChI=1S/C20H26N2O3/c1-23-16-7-4-6-15(14-16)19(22-12-10-21-11-13-22)17-8-5-9-18(24-2)20(17)25-3/h4-9,14,19,21H,10-13H2,1-3H3. The Labute approximate surface area is 149 Å². The fourth-order valence-corrected chi connectivity index (χ4v) is 3.47. The molecular weight excluding hydrogens is 316 g/mol. The zero-order chi connectivity index (χ0) is 17.6. The molecule has 1 atom stereocenters. The zero-order valence-corrected chi connectivity index (χ0v) is 15.1. The Morgan fingerprint density at radius 1 is 0.920 bits per heavy atom. The normalized spacial score (nSPS) is 16.3. The van der Waals surface area contributed by atoms with Gasteiger partial charge in [0.1, 0.15) is 5.75 Å². The summed E-state index contributed by atoms with van der Waals surface area (Å²) in [5, 5.41) is 3.42. The van der Waals surface area contributed by atoms with E-state index >= 15 is 0 Å². The van der Waals surface area contributed by atoms with E-state index in [0.29, 0.717) is 0 Å². The molecule has 25 heavy (non-hydrogen) atoms. The topological polar surface area (TPSA) is 43.0 Å². The Balaban J connectivity index is 2.11. The molecule has 0 saturated carbocycles. The van der Waals surface area contributed by atoms with Gasteiger partial charge in [-0.1, -0.05) is 24.3 Å². The third kappa shape index (κ3) is 3.72. The van der Waals surface area contributed by atoms with E-state index in [-0.39, 0.29) is 6.04 Å². The van der Waals surface area contributed by atoms with Crippen molar-refractivity contribution in [2.75, 3.05) is 47.5 Å². The van der Waals surface area contributed by atoms with E-state index < -0.39 is 0 Å². The number of benzene rings is 2. The first-order valence-electron chi connectivity index (χ1n) is 8.58. The number of methoxy groups -OCH3 is 3. The third-order valence-electron chi connectivity index (χ3n) is 4.65. The van der Waals surface area contributed by atoms with Crippen LogP contribution in [0.2, 0.25) is 0 Å². The number of rotatable bonds is 6. The lowest BCUT2D eigenvalue weighted by Gasteiger charge is -2.36. The second-order valence-corrected chi connectivity index (χ2v) is 6.05. The molecule has 1 fully saturated rings. The molecule has 0 radical (unpaired) electrons. The summed E-state index contributed by atoms with van der Waals surface area (Å²) in [6.45, 7) is 3.91. The van der Waals surface area contributed by atoms with Crippen LogP contribution >= 0.6 is 0 Å². The summed E-state index contributed by atoms with van der Waals surface area (Å²) in [4.78, 5) is 2.47. The molecule has 5 heteroatoms. The van der Waals surface area contributed by atoms with Crippen LogP contribution in [0, 0.1) is 0 Å². The monoisotopic (exact) mass is 342 g/mol. The van der Waals surface area contributed by atoms with Crippen molar-refractivity contribution in [3.8, 4) is 17.2 Å². The molecule has 1 N–H and O–H groups in total. The van der Waals surface area contributed by atoms with E-state index in [1.54, 1.807) is 21.3 Å². The molecule has 1 unspecified atom stereocenters. The van der Waals surface area contributed by atoms with Gasteiger partial charge in [-0.2, -0.15) is 0 Å². The smallest absolute Gasteiger partial charge is 0.165 e. The molecule has 1 aliphatic rings. The Morgan fingerprint density at radius 3 is 2.36 bits per heavy atom. The number of para-hydroxylation sites is 1. The van der Waals surface area contributed by atoms with E-state index in [2.05, 4.69) is 28.4 Å². The van der Waals surface area contributed by atoms with E-state index in [4.69, 9.17) is 14.2 Å². The average Bonchev–Trinajstić information content (AvgIpc) is 2.69. The van der Waals surface area contributed by atoms with Gasteiger partial charge in [-0.15, -0.1) is 0 Å². The minimum Gasteiger partial charge on any atom is -0.497 e. The highest BCUT2D eigenvalue weighted by Gasteiger charge is 2.28. The van der Waals surface area contributed by atoms with Crippen molar-refractivity contribution >= 4 is 0 Å². The highest BCUT2D eigenvalue weighted by molar-refractivity contribution is 5.51. The van der Waals surface area contributed by atoms with Crippen molar-refractivity contribution < 1.29 is 14.2 Å². The summed E-state index contributed by atoms with van der Waals surface area (Å²) in [5.41, 5.74) is 2.30. The van der Waals surface area contributed by atoms with Crippen molar-refractivity contribution in [1.82, 2.24) is 10.2 Å².